The average molecular weight is 310 g/mol. The quantitative estimate of drug-likeness (QED) is 0.643. The molecule has 0 aromatic carbocycles. The van der Waals surface area contributed by atoms with Crippen LogP contribution in [0.5, 0.6) is 0 Å². The number of carbonyl (C=O) groups is 2. The Kier molecular flexibility index (Phi) is 10.1. The monoisotopic (exact) mass is 309 g/mol. The fourth-order valence-electron chi connectivity index (χ4n) is 2.40. The van der Waals surface area contributed by atoms with Gasteiger partial charge in [-0.05, 0) is 18.8 Å². The molecule has 1 aliphatic carbocycles. The van der Waals surface area contributed by atoms with Gasteiger partial charge in [-0.3, -0.25) is 9.59 Å². The first-order chi connectivity index (χ1) is 8.63. The van der Waals surface area contributed by atoms with E-state index in [0.717, 1.165) is 12.8 Å². The second kappa shape index (κ2) is 10.3. The molecule has 19 heavy (non-hydrogen) atoms. The second-order valence-corrected chi connectivity index (χ2v) is 5.75. The molecule has 5 nitrogen and oxygen atoms in total. The Morgan fingerprint density at radius 2 is 1.84 bits per heavy atom. The summed E-state index contributed by atoms with van der Waals surface area (Å²) in [5, 5.41) is 2.97. The summed E-state index contributed by atoms with van der Waals surface area (Å²) in [6.07, 6.45) is 6.05. The highest BCUT2D eigenvalue weighted by atomic mass is 35.5. The van der Waals surface area contributed by atoms with Crippen molar-refractivity contribution in [3.8, 4) is 0 Å². The molecule has 112 valence electrons. The van der Waals surface area contributed by atoms with Gasteiger partial charge in [-0.15, -0.1) is 24.2 Å². The van der Waals surface area contributed by atoms with Gasteiger partial charge in [0, 0.05) is 12.6 Å². The van der Waals surface area contributed by atoms with Gasteiger partial charge in [0.15, 0.2) is 0 Å². The third-order valence-electron chi connectivity index (χ3n) is 3.30. The molecule has 0 radical (unpaired) electrons. The Morgan fingerprint density at radius 3 is 2.37 bits per heavy atom. The summed E-state index contributed by atoms with van der Waals surface area (Å²) in [5.74, 6) is 0.516. The molecule has 0 aromatic rings. The van der Waals surface area contributed by atoms with Crippen molar-refractivity contribution < 1.29 is 9.59 Å². The van der Waals surface area contributed by atoms with Crippen LogP contribution in [-0.4, -0.2) is 35.9 Å². The molecule has 0 aliphatic heterocycles. The zero-order chi connectivity index (χ0) is 13.4. The molecular weight excluding hydrogens is 286 g/mol. The van der Waals surface area contributed by atoms with Gasteiger partial charge in [0.05, 0.1) is 11.5 Å². The number of nitrogens with one attached hydrogen (secondary N) is 1. The molecule has 5 N–H and O–H groups in total. The maximum absolute atomic E-state index is 11.7. The topological polar surface area (TPSA) is 98.2 Å². The molecule has 0 saturated heterocycles. The molecule has 0 aromatic heterocycles. The van der Waals surface area contributed by atoms with Gasteiger partial charge < -0.3 is 16.8 Å². The minimum absolute atomic E-state index is 0. The van der Waals surface area contributed by atoms with Gasteiger partial charge in [0.2, 0.25) is 11.8 Å². The minimum atomic E-state index is -0.393. The normalized spacial score (nSPS) is 17.3. The Balaban J connectivity index is 0.00000324. The SMILES string of the molecule is Cl.NCC(NC(=O)CSCC(N)=O)C1CCCCC1. The van der Waals surface area contributed by atoms with E-state index < -0.39 is 5.91 Å². The maximum Gasteiger partial charge on any atom is 0.230 e. The van der Waals surface area contributed by atoms with Crippen LogP contribution in [0, 0.1) is 5.92 Å². The fourth-order valence-corrected chi connectivity index (χ4v) is 2.97. The Labute approximate surface area is 125 Å². The maximum atomic E-state index is 11.7. The van der Waals surface area contributed by atoms with E-state index in [1.807, 2.05) is 0 Å². The molecule has 1 aliphatic rings. The van der Waals surface area contributed by atoms with Crippen LogP contribution in [0.4, 0.5) is 0 Å². The van der Waals surface area contributed by atoms with Crippen molar-refractivity contribution in [2.24, 2.45) is 17.4 Å². The second-order valence-electron chi connectivity index (χ2n) is 4.77. The van der Waals surface area contributed by atoms with Crippen LogP contribution in [0.1, 0.15) is 32.1 Å². The van der Waals surface area contributed by atoms with Crippen LogP contribution in [-0.2, 0) is 9.59 Å². The summed E-state index contributed by atoms with van der Waals surface area (Å²) >= 11 is 1.24. The van der Waals surface area contributed by atoms with E-state index >= 15 is 0 Å². The molecule has 1 rings (SSSR count). The summed E-state index contributed by atoms with van der Waals surface area (Å²) in [6, 6.07) is 0.0759. The lowest BCUT2D eigenvalue weighted by molar-refractivity contribution is -0.119. The highest BCUT2D eigenvalue weighted by molar-refractivity contribution is 8.00. The zero-order valence-electron chi connectivity index (χ0n) is 11.1. The minimum Gasteiger partial charge on any atom is -0.369 e. The Morgan fingerprint density at radius 1 is 1.21 bits per heavy atom. The number of thioether (sulfide) groups is 1. The van der Waals surface area contributed by atoms with E-state index in [-0.39, 0.29) is 35.9 Å². The predicted octanol–water partition coefficient (Wildman–Crippen LogP) is 0.650. The predicted molar refractivity (Wildman–Crippen MR) is 81.3 cm³/mol. The summed E-state index contributed by atoms with van der Waals surface area (Å²) < 4.78 is 0. The van der Waals surface area contributed by atoms with Gasteiger partial charge >= 0.3 is 0 Å². The fraction of sp³-hybridized carbons (Fsp3) is 0.833. The highest BCUT2D eigenvalue weighted by Gasteiger charge is 2.23. The number of amides is 2. The lowest BCUT2D eigenvalue weighted by Gasteiger charge is -2.30. The van der Waals surface area contributed by atoms with E-state index in [2.05, 4.69) is 5.32 Å². The largest absolute Gasteiger partial charge is 0.369 e. The molecule has 0 heterocycles. The van der Waals surface area contributed by atoms with Gasteiger partial charge in [-0.1, -0.05) is 19.3 Å². The van der Waals surface area contributed by atoms with Crippen molar-refractivity contribution in [2.75, 3.05) is 18.1 Å². The lowest BCUT2D eigenvalue weighted by atomic mass is 9.84. The molecular formula is C12H24ClN3O2S. The number of primary amides is 1. The third kappa shape index (κ3) is 7.64. The Hall–Kier alpha value is -0.460. The molecule has 2 amide bonds. The van der Waals surface area contributed by atoms with Crippen LogP contribution in [0.15, 0.2) is 0 Å². The van der Waals surface area contributed by atoms with E-state index in [4.69, 9.17) is 11.5 Å². The lowest BCUT2D eigenvalue weighted by Crippen LogP contribution is -2.46. The van der Waals surface area contributed by atoms with Crippen LogP contribution in [0.3, 0.4) is 0 Å². The number of hydrogen-bond acceptors (Lipinski definition) is 4. The molecule has 1 fully saturated rings. The van der Waals surface area contributed by atoms with Crippen molar-refractivity contribution in [2.45, 2.75) is 38.1 Å². The van der Waals surface area contributed by atoms with Crippen molar-refractivity contribution in [3.63, 3.8) is 0 Å². The van der Waals surface area contributed by atoms with Crippen LogP contribution >= 0.6 is 24.2 Å². The first kappa shape index (κ1) is 18.5. The zero-order valence-corrected chi connectivity index (χ0v) is 12.7. The smallest absolute Gasteiger partial charge is 0.230 e. The summed E-state index contributed by atoms with van der Waals surface area (Å²) in [5.41, 5.74) is 10.7. The van der Waals surface area contributed by atoms with Gasteiger partial charge in [-0.25, -0.2) is 0 Å². The summed E-state index contributed by atoms with van der Waals surface area (Å²) in [6.45, 7) is 0.483. The van der Waals surface area contributed by atoms with Gasteiger partial charge in [0.25, 0.3) is 0 Å². The molecule has 1 saturated carbocycles. The number of halogens is 1. The molecule has 1 unspecified atom stereocenters. The van der Waals surface area contributed by atoms with Crippen molar-refractivity contribution in [3.05, 3.63) is 0 Å². The summed E-state index contributed by atoms with van der Waals surface area (Å²) in [7, 11) is 0. The highest BCUT2D eigenvalue weighted by Crippen LogP contribution is 2.26. The first-order valence-corrected chi connectivity index (χ1v) is 7.64. The first-order valence-electron chi connectivity index (χ1n) is 6.49. The number of nitrogens with two attached hydrogens (primary N) is 2. The van der Waals surface area contributed by atoms with Crippen LogP contribution in [0.2, 0.25) is 0 Å². The van der Waals surface area contributed by atoms with Crippen molar-refractivity contribution in [1.82, 2.24) is 5.32 Å². The summed E-state index contributed by atoms with van der Waals surface area (Å²) in [4.78, 5) is 22.3. The molecule has 0 spiro atoms. The molecule has 0 bridgehead atoms. The van der Waals surface area contributed by atoms with E-state index in [0.29, 0.717) is 12.5 Å². The van der Waals surface area contributed by atoms with Crippen LogP contribution < -0.4 is 16.8 Å². The van der Waals surface area contributed by atoms with Crippen molar-refractivity contribution in [1.29, 1.82) is 0 Å². The van der Waals surface area contributed by atoms with E-state index in [1.54, 1.807) is 0 Å². The molecule has 1 atom stereocenters. The number of rotatable bonds is 7. The Bertz CT molecular complexity index is 286. The van der Waals surface area contributed by atoms with E-state index in [1.165, 1.54) is 31.0 Å². The van der Waals surface area contributed by atoms with Gasteiger partial charge in [0.1, 0.15) is 0 Å². The number of hydrogen-bond donors (Lipinski definition) is 3. The average Bonchev–Trinajstić information content (AvgIpc) is 2.36. The molecule has 7 heteroatoms. The third-order valence-corrected chi connectivity index (χ3v) is 4.25. The number of carbonyl (C=O) groups excluding carboxylic acids is 2. The standard InChI is InChI=1S/C12H23N3O2S.ClH/c13-6-10(9-4-2-1-3-5-9)15-12(17)8-18-7-11(14)16;/h9-10H,1-8,13H2,(H2,14,16)(H,15,17);1H. The van der Waals surface area contributed by atoms with Gasteiger partial charge in [-0.2, -0.15) is 0 Å². The van der Waals surface area contributed by atoms with Crippen LogP contribution in [0.25, 0.3) is 0 Å². The van der Waals surface area contributed by atoms with E-state index in [9.17, 15) is 9.59 Å². The van der Waals surface area contributed by atoms with Crippen molar-refractivity contribution >= 4 is 36.0 Å².